The second kappa shape index (κ2) is 8.96. The summed E-state index contributed by atoms with van der Waals surface area (Å²) in [6.45, 7) is 2.50. The van der Waals surface area contributed by atoms with Crippen molar-refractivity contribution in [3.8, 4) is 23.0 Å². The number of nitrogens with zero attached hydrogens (tertiary/aromatic N) is 3. The fourth-order valence-electron chi connectivity index (χ4n) is 5.01. The molecule has 182 valence electrons. The highest BCUT2D eigenvalue weighted by Crippen LogP contribution is 2.52. The average molecular weight is 483 g/mol. The zero-order valence-corrected chi connectivity index (χ0v) is 20.3. The van der Waals surface area contributed by atoms with Crippen LogP contribution in [0.3, 0.4) is 0 Å². The predicted molar refractivity (Wildman–Crippen MR) is 136 cm³/mol. The standard InChI is InChI=1S/C28H26N4O4/c1-4-35-22-14-13-17(15-23(22)34-3)27-24-25(18-9-5-8-12-21(18)36-27)31-28-29-16-30-32(28)26(24)19-10-6-7-11-20(19)33-2/h5-16,26-27H,4H2,1-3H3,(H,29,30,31). The summed E-state index contributed by atoms with van der Waals surface area (Å²) in [5.41, 5.74) is 4.82. The average Bonchev–Trinajstić information content (AvgIpc) is 3.40. The molecule has 0 saturated heterocycles. The SMILES string of the molecule is CCOc1ccc(C2Oc3ccccc3C3=C2C(c2ccccc2OC)n2ncnc2N3)cc1OC. The highest BCUT2D eigenvalue weighted by Gasteiger charge is 2.42. The zero-order valence-electron chi connectivity index (χ0n) is 20.3. The van der Waals surface area contributed by atoms with Crippen molar-refractivity contribution in [1.29, 1.82) is 0 Å². The first-order valence-corrected chi connectivity index (χ1v) is 11.8. The minimum Gasteiger partial charge on any atom is -0.496 e. The molecule has 0 bridgehead atoms. The molecule has 2 unspecified atom stereocenters. The summed E-state index contributed by atoms with van der Waals surface area (Å²) in [6.07, 6.45) is 1.13. The van der Waals surface area contributed by atoms with Gasteiger partial charge in [-0.05, 0) is 37.3 Å². The Morgan fingerprint density at radius 2 is 1.75 bits per heavy atom. The Morgan fingerprint density at radius 3 is 2.58 bits per heavy atom. The largest absolute Gasteiger partial charge is 0.496 e. The number of methoxy groups -OCH3 is 2. The van der Waals surface area contributed by atoms with Crippen molar-refractivity contribution in [2.45, 2.75) is 19.1 Å². The van der Waals surface area contributed by atoms with E-state index >= 15 is 0 Å². The van der Waals surface area contributed by atoms with E-state index in [0.717, 1.165) is 39.5 Å². The highest BCUT2D eigenvalue weighted by atomic mass is 16.5. The van der Waals surface area contributed by atoms with E-state index in [2.05, 4.69) is 27.5 Å². The number of aromatic nitrogens is 3. The van der Waals surface area contributed by atoms with E-state index < -0.39 is 6.10 Å². The maximum Gasteiger partial charge on any atom is 0.226 e. The second-order valence-electron chi connectivity index (χ2n) is 8.47. The van der Waals surface area contributed by atoms with E-state index in [1.807, 2.05) is 66.2 Å². The van der Waals surface area contributed by atoms with Crippen LogP contribution in [0.1, 0.15) is 35.8 Å². The van der Waals surface area contributed by atoms with Crippen molar-refractivity contribution in [3.05, 3.63) is 95.3 Å². The number of anilines is 1. The number of hydrogen-bond donors (Lipinski definition) is 1. The molecular formula is C28H26N4O4. The van der Waals surface area contributed by atoms with Crippen molar-refractivity contribution < 1.29 is 18.9 Å². The number of hydrogen-bond acceptors (Lipinski definition) is 7. The zero-order chi connectivity index (χ0) is 24.6. The van der Waals surface area contributed by atoms with Gasteiger partial charge in [0.1, 0.15) is 30.0 Å². The third-order valence-electron chi connectivity index (χ3n) is 6.55. The summed E-state index contributed by atoms with van der Waals surface area (Å²) >= 11 is 0. The summed E-state index contributed by atoms with van der Waals surface area (Å²) in [5.74, 6) is 3.55. The van der Waals surface area contributed by atoms with Crippen molar-refractivity contribution in [2.75, 3.05) is 26.1 Å². The number of rotatable bonds is 6. The highest BCUT2D eigenvalue weighted by molar-refractivity contribution is 5.85. The van der Waals surface area contributed by atoms with Crippen LogP contribution in [0.25, 0.3) is 5.70 Å². The molecule has 0 spiro atoms. The van der Waals surface area contributed by atoms with E-state index in [1.165, 1.54) is 0 Å². The third kappa shape index (κ3) is 3.45. The van der Waals surface area contributed by atoms with Gasteiger partial charge in [0.25, 0.3) is 0 Å². The van der Waals surface area contributed by atoms with Crippen LogP contribution >= 0.6 is 0 Å². The molecule has 8 nitrogen and oxygen atoms in total. The van der Waals surface area contributed by atoms with Crippen LogP contribution in [0, 0.1) is 0 Å². The van der Waals surface area contributed by atoms with Gasteiger partial charge >= 0.3 is 0 Å². The molecule has 0 fully saturated rings. The quantitative estimate of drug-likeness (QED) is 0.402. The Hall–Kier alpha value is -4.46. The van der Waals surface area contributed by atoms with Crippen LogP contribution in [0.4, 0.5) is 5.95 Å². The van der Waals surface area contributed by atoms with Crippen LogP contribution in [0.2, 0.25) is 0 Å². The molecule has 3 aromatic carbocycles. The lowest BCUT2D eigenvalue weighted by molar-refractivity contribution is 0.221. The van der Waals surface area contributed by atoms with Crippen LogP contribution < -0.4 is 24.3 Å². The summed E-state index contributed by atoms with van der Waals surface area (Å²) in [6, 6.07) is 21.6. The first-order valence-electron chi connectivity index (χ1n) is 11.8. The maximum atomic E-state index is 6.71. The van der Waals surface area contributed by atoms with Crippen LogP contribution in [0.5, 0.6) is 23.0 Å². The lowest BCUT2D eigenvalue weighted by Gasteiger charge is -2.39. The van der Waals surface area contributed by atoms with Gasteiger partial charge in [-0.1, -0.05) is 36.4 Å². The topological polar surface area (TPSA) is 79.7 Å². The first kappa shape index (κ1) is 22.0. The van der Waals surface area contributed by atoms with Gasteiger partial charge in [-0.25, -0.2) is 4.68 Å². The van der Waals surface area contributed by atoms with Gasteiger partial charge in [0.05, 0.1) is 26.5 Å². The van der Waals surface area contributed by atoms with Crippen LogP contribution in [-0.4, -0.2) is 35.6 Å². The molecule has 4 aromatic rings. The molecule has 3 heterocycles. The van der Waals surface area contributed by atoms with Crippen LogP contribution in [0.15, 0.2) is 78.6 Å². The van der Waals surface area contributed by atoms with Crippen molar-refractivity contribution in [2.24, 2.45) is 0 Å². The predicted octanol–water partition coefficient (Wildman–Crippen LogP) is 5.25. The van der Waals surface area contributed by atoms with E-state index in [0.29, 0.717) is 24.1 Å². The molecule has 1 aromatic heterocycles. The lowest BCUT2D eigenvalue weighted by Crippen LogP contribution is -2.32. The van der Waals surface area contributed by atoms with E-state index in [9.17, 15) is 0 Å². The Bertz CT molecular complexity index is 1460. The number of benzene rings is 3. The second-order valence-corrected chi connectivity index (χ2v) is 8.47. The van der Waals surface area contributed by atoms with E-state index in [1.54, 1.807) is 20.5 Å². The minimum absolute atomic E-state index is 0.314. The van der Waals surface area contributed by atoms with Gasteiger partial charge in [-0.15, -0.1) is 0 Å². The number of fused-ring (bicyclic) bond motifs is 3. The fraction of sp³-hybridized carbons (Fsp3) is 0.214. The number of ether oxygens (including phenoxy) is 4. The monoisotopic (exact) mass is 482 g/mol. The Balaban J connectivity index is 1.60. The molecular weight excluding hydrogens is 456 g/mol. The fourth-order valence-corrected chi connectivity index (χ4v) is 5.01. The molecule has 0 saturated carbocycles. The Labute approximate surface area is 209 Å². The smallest absolute Gasteiger partial charge is 0.226 e. The molecule has 0 aliphatic carbocycles. The van der Waals surface area contributed by atoms with Gasteiger partial charge < -0.3 is 24.3 Å². The molecule has 1 N–H and O–H groups in total. The van der Waals surface area contributed by atoms with Crippen LogP contribution in [-0.2, 0) is 0 Å². The molecule has 2 aliphatic rings. The minimum atomic E-state index is -0.431. The maximum absolute atomic E-state index is 6.71. The summed E-state index contributed by atoms with van der Waals surface area (Å²) < 4.78 is 25.8. The molecule has 36 heavy (non-hydrogen) atoms. The Kier molecular flexibility index (Phi) is 5.48. The van der Waals surface area contributed by atoms with Gasteiger partial charge in [-0.3, -0.25) is 0 Å². The summed E-state index contributed by atoms with van der Waals surface area (Å²) in [7, 11) is 3.32. The lowest BCUT2D eigenvalue weighted by atomic mass is 9.84. The third-order valence-corrected chi connectivity index (χ3v) is 6.55. The molecule has 2 aliphatic heterocycles. The summed E-state index contributed by atoms with van der Waals surface area (Å²) in [4.78, 5) is 4.50. The van der Waals surface area contributed by atoms with Gasteiger partial charge in [0.15, 0.2) is 11.5 Å². The van der Waals surface area contributed by atoms with Crippen molar-refractivity contribution >= 4 is 11.6 Å². The van der Waals surface area contributed by atoms with E-state index in [-0.39, 0.29) is 6.04 Å². The molecule has 0 amide bonds. The number of para-hydroxylation sites is 2. The van der Waals surface area contributed by atoms with Gasteiger partial charge in [0, 0.05) is 22.3 Å². The molecule has 6 rings (SSSR count). The van der Waals surface area contributed by atoms with Gasteiger partial charge in [0.2, 0.25) is 5.95 Å². The van der Waals surface area contributed by atoms with E-state index in [4.69, 9.17) is 18.9 Å². The normalized spacial score (nSPS) is 17.8. The Morgan fingerprint density at radius 1 is 0.944 bits per heavy atom. The summed E-state index contributed by atoms with van der Waals surface area (Å²) in [5, 5.41) is 8.11. The van der Waals surface area contributed by atoms with Crippen molar-refractivity contribution in [3.63, 3.8) is 0 Å². The van der Waals surface area contributed by atoms with Gasteiger partial charge in [-0.2, -0.15) is 10.1 Å². The molecule has 0 radical (unpaired) electrons. The molecule has 8 heteroatoms. The molecule has 2 atom stereocenters. The van der Waals surface area contributed by atoms with Crippen molar-refractivity contribution in [1.82, 2.24) is 14.8 Å². The first-order chi connectivity index (χ1) is 17.7. The number of nitrogens with one attached hydrogen (secondary N) is 1.